The van der Waals surface area contributed by atoms with Gasteiger partial charge in [-0.2, -0.15) is 0 Å². The van der Waals surface area contributed by atoms with Gasteiger partial charge in [0.25, 0.3) is 0 Å². The quantitative estimate of drug-likeness (QED) is 0.540. The molecule has 6 nitrogen and oxygen atoms in total. The maximum absolute atomic E-state index is 13.5. The Balaban J connectivity index is 1.38. The summed E-state index contributed by atoms with van der Waals surface area (Å²) < 4.78 is 13.1. The summed E-state index contributed by atoms with van der Waals surface area (Å²) in [6, 6.07) is 7.91. The molecule has 7 heteroatoms. The molecule has 5 aliphatic rings. The van der Waals surface area contributed by atoms with Crippen LogP contribution in [0.4, 0.5) is 0 Å². The maximum atomic E-state index is 13.5. The molecular weight excluding hydrogens is 524 g/mol. The first-order valence-electron chi connectivity index (χ1n) is 12.9. The largest absolute Gasteiger partial charge is 0.393 e. The van der Waals surface area contributed by atoms with Gasteiger partial charge in [0, 0.05) is 27.6 Å². The van der Waals surface area contributed by atoms with Crippen molar-refractivity contribution in [1.29, 1.82) is 0 Å². The minimum absolute atomic E-state index is 0.0102. The first-order chi connectivity index (χ1) is 17.2. The van der Waals surface area contributed by atoms with E-state index in [1.54, 1.807) is 12.2 Å². The second kappa shape index (κ2) is 8.43. The van der Waals surface area contributed by atoms with Crippen LogP contribution in [0.3, 0.4) is 0 Å². The average molecular weight is 557 g/mol. The summed E-state index contributed by atoms with van der Waals surface area (Å²) in [6.45, 7) is 3.56. The lowest BCUT2D eigenvalue weighted by Crippen LogP contribution is -2.63. The molecular formula is C29H33BrO6. The molecule has 0 amide bonds. The molecule has 0 radical (unpaired) electrons. The van der Waals surface area contributed by atoms with E-state index in [0.29, 0.717) is 12.8 Å². The van der Waals surface area contributed by atoms with Crippen LogP contribution in [0.25, 0.3) is 0 Å². The molecule has 1 heterocycles. The van der Waals surface area contributed by atoms with Gasteiger partial charge in [-0.25, -0.2) is 0 Å². The van der Waals surface area contributed by atoms with E-state index in [1.807, 2.05) is 30.3 Å². The Hall–Kier alpha value is -1.64. The number of benzene rings is 1. The summed E-state index contributed by atoms with van der Waals surface area (Å²) in [5, 5.41) is 22.5. The number of allylic oxidation sites excluding steroid dienone is 4. The highest BCUT2D eigenvalue weighted by Crippen LogP contribution is 2.70. The van der Waals surface area contributed by atoms with E-state index < -0.39 is 36.1 Å². The van der Waals surface area contributed by atoms with E-state index in [9.17, 15) is 19.8 Å². The number of aliphatic hydroxyl groups excluding tert-OH is 2. The number of carbonyl (C=O) groups is 2. The Labute approximate surface area is 219 Å². The minimum Gasteiger partial charge on any atom is -0.393 e. The van der Waals surface area contributed by atoms with E-state index in [1.165, 1.54) is 0 Å². The summed E-state index contributed by atoms with van der Waals surface area (Å²) in [5.41, 5.74) is 0.679. The van der Waals surface area contributed by atoms with E-state index >= 15 is 0 Å². The third-order valence-corrected chi connectivity index (χ3v) is 10.8. The summed E-state index contributed by atoms with van der Waals surface area (Å²) in [4.78, 5) is 25.6. The van der Waals surface area contributed by atoms with Gasteiger partial charge in [0.05, 0.1) is 12.2 Å². The van der Waals surface area contributed by atoms with Gasteiger partial charge in [-0.3, -0.25) is 9.59 Å². The number of Topliss-reactive ketones (excluding diaryl/α,β-unsaturated/α-hetero) is 1. The molecule has 1 aromatic rings. The van der Waals surface area contributed by atoms with Crippen molar-refractivity contribution >= 4 is 27.5 Å². The van der Waals surface area contributed by atoms with Gasteiger partial charge in [0.1, 0.15) is 6.61 Å². The van der Waals surface area contributed by atoms with Crippen molar-refractivity contribution < 1.29 is 29.3 Å². The highest BCUT2D eigenvalue weighted by Gasteiger charge is 2.75. The number of aliphatic hydroxyl groups is 2. The van der Waals surface area contributed by atoms with Crippen LogP contribution in [0, 0.1) is 28.6 Å². The second-order valence-electron chi connectivity index (χ2n) is 11.7. The van der Waals surface area contributed by atoms with Gasteiger partial charge in [-0.05, 0) is 55.2 Å². The lowest BCUT2D eigenvalue weighted by atomic mass is 9.46. The number of carbonyl (C=O) groups excluding carboxylic acids is 2. The highest BCUT2D eigenvalue weighted by atomic mass is 79.9. The first kappa shape index (κ1) is 24.7. The van der Waals surface area contributed by atoms with Crippen LogP contribution in [0.15, 0.2) is 48.1 Å². The molecule has 4 fully saturated rings. The molecule has 3 saturated carbocycles. The fourth-order valence-corrected chi connectivity index (χ4v) is 8.97. The van der Waals surface area contributed by atoms with Crippen molar-refractivity contribution in [2.75, 3.05) is 6.61 Å². The van der Waals surface area contributed by atoms with Gasteiger partial charge in [0.15, 0.2) is 23.5 Å². The molecule has 36 heavy (non-hydrogen) atoms. The Morgan fingerprint density at radius 2 is 1.97 bits per heavy atom. The molecule has 1 saturated heterocycles. The fraction of sp³-hybridized carbons (Fsp3) is 0.586. The molecule has 2 N–H and O–H groups in total. The van der Waals surface area contributed by atoms with Crippen molar-refractivity contribution in [3.05, 3.63) is 59.2 Å². The van der Waals surface area contributed by atoms with Gasteiger partial charge < -0.3 is 19.7 Å². The van der Waals surface area contributed by atoms with E-state index in [4.69, 9.17) is 9.47 Å². The second-order valence-corrected chi connectivity index (χ2v) is 12.3. The number of rotatable bonds is 4. The zero-order valence-electron chi connectivity index (χ0n) is 20.7. The molecule has 0 aromatic heterocycles. The lowest BCUT2D eigenvalue weighted by molar-refractivity contribution is -0.201. The van der Waals surface area contributed by atoms with Crippen molar-refractivity contribution in [1.82, 2.24) is 0 Å². The van der Waals surface area contributed by atoms with Crippen LogP contribution in [-0.2, 0) is 24.4 Å². The Kier molecular flexibility index (Phi) is 5.78. The number of ether oxygens (including phenoxy) is 2. The predicted molar refractivity (Wildman–Crippen MR) is 136 cm³/mol. The summed E-state index contributed by atoms with van der Waals surface area (Å²) in [7, 11) is 0. The maximum Gasteiger partial charge on any atom is 0.193 e. The number of halogens is 1. The van der Waals surface area contributed by atoms with Crippen molar-refractivity contribution in [2.24, 2.45) is 28.6 Å². The highest BCUT2D eigenvalue weighted by molar-refractivity contribution is 9.08. The molecule has 1 aromatic carbocycles. The summed E-state index contributed by atoms with van der Waals surface area (Å²) in [5.74, 6) is -0.166. The third-order valence-electron chi connectivity index (χ3n) is 10.2. The van der Waals surface area contributed by atoms with Crippen LogP contribution in [0.2, 0.25) is 0 Å². The average Bonchev–Trinajstić information content (AvgIpc) is 3.37. The minimum atomic E-state index is -1.31. The van der Waals surface area contributed by atoms with Gasteiger partial charge >= 0.3 is 0 Å². The summed E-state index contributed by atoms with van der Waals surface area (Å²) >= 11 is 3.47. The third kappa shape index (κ3) is 3.16. The van der Waals surface area contributed by atoms with Crippen LogP contribution >= 0.6 is 15.9 Å². The standard InChI is InChI=1S/C29H33BrO6/c1-27-10-9-19(32)11-18(27)7-8-20-21-12-24-29(23(34)15-31,28(21,2)13-22(33)25(20)27)36-26(35-24)17-5-3-16(14-30)4-6-17/h3-6,9-11,20-22,24-26,31,33H,7-8,12-15H2,1-2H3/t20-,21-,22-,24+,25+,26?,27-,28-,29+/m0/s1. The zero-order valence-corrected chi connectivity index (χ0v) is 22.2. The summed E-state index contributed by atoms with van der Waals surface area (Å²) in [6.07, 6.45) is 6.15. The molecule has 9 atom stereocenters. The SMILES string of the molecule is C[C@]12C=CC(=O)C=C1CC[C@@H]1[C@@H]2[C@@H](O)C[C@@]2(C)[C@H]1C[C@H]1OC(c3ccc(CBr)cc3)O[C@]12C(=O)CO. The van der Waals surface area contributed by atoms with Crippen molar-refractivity contribution in [3.8, 4) is 0 Å². The molecule has 1 unspecified atom stereocenters. The number of hydrogen-bond donors (Lipinski definition) is 2. The molecule has 4 aliphatic carbocycles. The van der Waals surface area contributed by atoms with Gasteiger partial charge in [0.2, 0.25) is 0 Å². The lowest BCUT2D eigenvalue weighted by Gasteiger charge is -2.59. The normalized spacial score (nSPS) is 44.9. The Bertz CT molecular complexity index is 1160. The monoisotopic (exact) mass is 556 g/mol. The van der Waals surface area contributed by atoms with E-state index in [0.717, 1.165) is 34.9 Å². The topological polar surface area (TPSA) is 93.1 Å². The molecule has 0 spiro atoms. The number of ketones is 2. The number of alkyl halides is 1. The number of fused-ring (bicyclic) bond motifs is 7. The Morgan fingerprint density at radius 1 is 1.22 bits per heavy atom. The molecule has 6 rings (SSSR count). The zero-order chi connectivity index (χ0) is 25.5. The van der Waals surface area contributed by atoms with Gasteiger partial charge in [-0.15, -0.1) is 0 Å². The van der Waals surface area contributed by atoms with Crippen LogP contribution in [0.5, 0.6) is 0 Å². The van der Waals surface area contributed by atoms with Crippen molar-refractivity contribution in [3.63, 3.8) is 0 Å². The van der Waals surface area contributed by atoms with Crippen LogP contribution in [0.1, 0.15) is 56.9 Å². The predicted octanol–water partition coefficient (Wildman–Crippen LogP) is 4.18. The van der Waals surface area contributed by atoms with Crippen LogP contribution < -0.4 is 0 Å². The number of hydrogen-bond acceptors (Lipinski definition) is 6. The first-order valence-corrected chi connectivity index (χ1v) is 14.0. The molecule has 1 aliphatic heterocycles. The fourth-order valence-electron chi connectivity index (χ4n) is 8.60. The Morgan fingerprint density at radius 3 is 2.67 bits per heavy atom. The van der Waals surface area contributed by atoms with E-state index in [-0.39, 0.29) is 34.7 Å². The van der Waals surface area contributed by atoms with Crippen LogP contribution in [-0.4, -0.2) is 46.2 Å². The molecule has 0 bridgehead atoms. The smallest absolute Gasteiger partial charge is 0.193 e. The van der Waals surface area contributed by atoms with Crippen molar-refractivity contribution in [2.45, 2.75) is 69.0 Å². The van der Waals surface area contributed by atoms with Gasteiger partial charge in [-0.1, -0.05) is 65.7 Å². The molecule has 192 valence electrons. The van der Waals surface area contributed by atoms with E-state index in [2.05, 4.69) is 29.8 Å².